The van der Waals surface area contributed by atoms with E-state index in [2.05, 4.69) is 0 Å². The molecular formula is C20H14ClF3O4. The van der Waals surface area contributed by atoms with E-state index >= 15 is 0 Å². The summed E-state index contributed by atoms with van der Waals surface area (Å²) in [6.45, 7) is 1.88. The Bertz CT molecular complexity index is 993. The number of benzene rings is 2. The molecule has 4 nitrogen and oxygen atoms in total. The van der Waals surface area contributed by atoms with E-state index in [0.29, 0.717) is 28.5 Å². The number of halogens is 4. The zero-order valence-corrected chi connectivity index (χ0v) is 15.4. The molecule has 0 unspecified atom stereocenters. The summed E-state index contributed by atoms with van der Waals surface area (Å²) in [6.07, 6.45) is 0.125. The summed E-state index contributed by atoms with van der Waals surface area (Å²) in [5.41, 5.74) is 0.445. The van der Waals surface area contributed by atoms with E-state index in [4.69, 9.17) is 25.5 Å². The Kier molecular flexibility index (Phi) is 5.94. The third kappa shape index (κ3) is 4.48. The number of ether oxygens (including phenoxy) is 2. The second-order valence-electron chi connectivity index (χ2n) is 5.72. The summed E-state index contributed by atoms with van der Waals surface area (Å²) in [7, 11) is 0. The predicted molar refractivity (Wildman–Crippen MR) is 95.3 cm³/mol. The Balaban J connectivity index is 1.89. The average molecular weight is 411 g/mol. The van der Waals surface area contributed by atoms with Crippen molar-refractivity contribution in [3.8, 4) is 11.5 Å². The quantitative estimate of drug-likeness (QED) is 0.474. The van der Waals surface area contributed by atoms with Crippen molar-refractivity contribution >= 4 is 17.6 Å². The molecule has 2 aromatic carbocycles. The molecule has 0 amide bonds. The SMILES string of the molecule is CCOC(=O)c1ccc(Cc2cc(Cl)ccc2Oc2c(F)cc(F)cc2F)o1. The Morgan fingerprint density at radius 1 is 1.07 bits per heavy atom. The van der Waals surface area contributed by atoms with Crippen molar-refractivity contribution < 1.29 is 31.9 Å². The fourth-order valence-corrected chi connectivity index (χ4v) is 2.69. The summed E-state index contributed by atoms with van der Waals surface area (Å²) < 4.78 is 56.5. The van der Waals surface area contributed by atoms with Gasteiger partial charge in [0.1, 0.15) is 17.3 Å². The number of carbonyl (C=O) groups is 1. The number of esters is 1. The average Bonchev–Trinajstić information content (AvgIpc) is 3.08. The summed E-state index contributed by atoms with van der Waals surface area (Å²) in [6, 6.07) is 8.50. The van der Waals surface area contributed by atoms with Gasteiger partial charge in [-0.2, -0.15) is 0 Å². The summed E-state index contributed by atoms with van der Waals surface area (Å²) >= 11 is 6.01. The molecule has 146 valence electrons. The van der Waals surface area contributed by atoms with E-state index < -0.39 is 29.2 Å². The minimum Gasteiger partial charge on any atom is -0.460 e. The van der Waals surface area contributed by atoms with Gasteiger partial charge in [-0.15, -0.1) is 0 Å². The van der Waals surface area contributed by atoms with Gasteiger partial charge in [0.05, 0.1) is 6.61 Å². The van der Waals surface area contributed by atoms with Crippen molar-refractivity contribution in [1.29, 1.82) is 0 Å². The lowest BCUT2D eigenvalue weighted by Crippen LogP contribution is -2.02. The second-order valence-corrected chi connectivity index (χ2v) is 6.15. The first-order chi connectivity index (χ1) is 13.4. The molecule has 0 N–H and O–H groups in total. The summed E-state index contributed by atoms with van der Waals surface area (Å²) in [4.78, 5) is 11.7. The van der Waals surface area contributed by atoms with E-state index in [1.807, 2.05) is 0 Å². The van der Waals surface area contributed by atoms with Gasteiger partial charge in [0.2, 0.25) is 5.76 Å². The standard InChI is InChI=1S/C20H14ClF3O4/c1-2-26-20(25)18-6-4-14(27-18)8-11-7-12(21)3-5-17(11)28-19-15(23)9-13(22)10-16(19)24/h3-7,9-10H,2,8H2,1H3. The highest BCUT2D eigenvalue weighted by atomic mass is 35.5. The largest absolute Gasteiger partial charge is 0.460 e. The maximum Gasteiger partial charge on any atom is 0.374 e. The zero-order valence-electron chi connectivity index (χ0n) is 14.6. The molecule has 0 aliphatic heterocycles. The molecule has 0 fully saturated rings. The van der Waals surface area contributed by atoms with Gasteiger partial charge in [0, 0.05) is 29.1 Å². The fourth-order valence-electron chi connectivity index (χ4n) is 2.49. The molecule has 1 heterocycles. The smallest absolute Gasteiger partial charge is 0.374 e. The Hall–Kier alpha value is -2.93. The number of rotatable bonds is 6. The Morgan fingerprint density at radius 2 is 1.79 bits per heavy atom. The fraction of sp³-hybridized carbons (Fsp3) is 0.150. The second kappa shape index (κ2) is 8.39. The Morgan fingerprint density at radius 3 is 2.46 bits per heavy atom. The molecule has 8 heteroatoms. The van der Waals surface area contributed by atoms with E-state index in [0.717, 1.165) is 0 Å². The van der Waals surface area contributed by atoms with Crippen LogP contribution in [0.15, 0.2) is 46.9 Å². The first-order valence-corrected chi connectivity index (χ1v) is 8.61. The van der Waals surface area contributed by atoms with Crippen LogP contribution in [-0.2, 0) is 11.2 Å². The number of furan rings is 1. The maximum atomic E-state index is 13.9. The van der Waals surface area contributed by atoms with Crippen LogP contribution in [-0.4, -0.2) is 12.6 Å². The van der Waals surface area contributed by atoms with Gasteiger partial charge >= 0.3 is 5.97 Å². The minimum atomic E-state index is -1.18. The van der Waals surface area contributed by atoms with Crippen LogP contribution in [0, 0.1) is 17.5 Å². The van der Waals surface area contributed by atoms with Crippen LogP contribution in [0.4, 0.5) is 13.2 Å². The molecule has 1 aromatic heterocycles. The summed E-state index contributed by atoms with van der Waals surface area (Å²) in [5.74, 6) is -4.25. The highest BCUT2D eigenvalue weighted by Crippen LogP contribution is 2.33. The molecule has 0 saturated heterocycles. The lowest BCUT2D eigenvalue weighted by Gasteiger charge is -2.12. The zero-order chi connectivity index (χ0) is 20.3. The minimum absolute atomic E-state index is 0.0250. The topological polar surface area (TPSA) is 48.7 Å². The predicted octanol–water partition coefficient (Wildman–Crippen LogP) is 5.91. The third-order valence-corrected chi connectivity index (χ3v) is 3.94. The third-order valence-electron chi connectivity index (χ3n) is 3.70. The molecular weight excluding hydrogens is 397 g/mol. The van der Waals surface area contributed by atoms with Crippen molar-refractivity contribution in [2.75, 3.05) is 6.61 Å². The van der Waals surface area contributed by atoms with Crippen molar-refractivity contribution in [2.45, 2.75) is 13.3 Å². The molecule has 28 heavy (non-hydrogen) atoms. The van der Waals surface area contributed by atoms with Gasteiger partial charge in [-0.3, -0.25) is 0 Å². The van der Waals surface area contributed by atoms with Gasteiger partial charge in [0.25, 0.3) is 0 Å². The van der Waals surface area contributed by atoms with Crippen molar-refractivity contribution in [3.63, 3.8) is 0 Å². The normalized spacial score (nSPS) is 10.8. The number of carbonyl (C=O) groups excluding carboxylic acids is 1. The molecule has 0 saturated carbocycles. The summed E-state index contributed by atoms with van der Waals surface area (Å²) in [5, 5.41) is 0.361. The van der Waals surface area contributed by atoms with Crippen LogP contribution >= 0.6 is 11.6 Å². The van der Waals surface area contributed by atoms with Gasteiger partial charge in [-0.1, -0.05) is 11.6 Å². The number of hydrogen-bond acceptors (Lipinski definition) is 4. The van der Waals surface area contributed by atoms with Crippen LogP contribution < -0.4 is 4.74 Å². The molecule has 0 aliphatic carbocycles. The van der Waals surface area contributed by atoms with Gasteiger partial charge < -0.3 is 13.9 Å². The van der Waals surface area contributed by atoms with Crippen LogP contribution in [0.3, 0.4) is 0 Å². The Labute approximate surface area is 163 Å². The lowest BCUT2D eigenvalue weighted by atomic mass is 10.1. The molecule has 3 aromatic rings. The van der Waals surface area contributed by atoms with Gasteiger partial charge in [-0.25, -0.2) is 18.0 Å². The monoisotopic (exact) mass is 410 g/mol. The molecule has 0 spiro atoms. The van der Waals surface area contributed by atoms with Crippen LogP contribution in [0.25, 0.3) is 0 Å². The molecule has 0 radical (unpaired) electrons. The maximum absolute atomic E-state index is 13.9. The first kappa shape index (κ1) is 19.8. The lowest BCUT2D eigenvalue weighted by molar-refractivity contribution is 0.0488. The molecule has 0 bridgehead atoms. The highest BCUT2D eigenvalue weighted by Gasteiger charge is 2.18. The van der Waals surface area contributed by atoms with Crippen LogP contribution in [0.1, 0.15) is 28.8 Å². The van der Waals surface area contributed by atoms with E-state index in [1.165, 1.54) is 24.3 Å². The van der Waals surface area contributed by atoms with Gasteiger partial charge in [0.15, 0.2) is 17.4 Å². The van der Waals surface area contributed by atoms with Crippen molar-refractivity contribution in [2.24, 2.45) is 0 Å². The molecule has 0 aliphatic rings. The van der Waals surface area contributed by atoms with Crippen LogP contribution in [0.5, 0.6) is 11.5 Å². The van der Waals surface area contributed by atoms with E-state index in [9.17, 15) is 18.0 Å². The van der Waals surface area contributed by atoms with Crippen LogP contribution in [0.2, 0.25) is 5.02 Å². The van der Waals surface area contributed by atoms with Gasteiger partial charge in [-0.05, 0) is 37.3 Å². The van der Waals surface area contributed by atoms with E-state index in [-0.39, 0.29) is 24.5 Å². The van der Waals surface area contributed by atoms with Crippen molar-refractivity contribution in [1.82, 2.24) is 0 Å². The highest BCUT2D eigenvalue weighted by molar-refractivity contribution is 6.30. The molecule has 3 rings (SSSR count). The number of hydrogen-bond donors (Lipinski definition) is 0. The molecule has 0 atom stereocenters. The first-order valence-electron chi connectivity index (χ1n) is 8.24. The van der Waals surface area contributed by atoms with E-state index in [1.54, 1.807) is 13.0 Å². The van der Waals surface area contributed by atoms with Crippen molar-refractivity contribution in [3.05, 3.63) is 82.0 Å².